The molecule has 0 amide bonds. The summed E-state index contributed by atoms with van der Waals surface area (Å²) in [4.78, 5) is 31.9. The van der Waals surface area contributed by atoms with Gasteiger partial charge in [0.2, 0.25) is 5.88 Å². The Kier molecular flexibility index (Phi) is 3.38. The first-order chi connectivity index (χ1) is 8.58. The molecule has 0 saturated heterocycles. The molecule has 0 fully saturated rings. The maximum Gasteiger partial charge on any atom is 0.337 e. The van der Waals surface area contributed by atoms with E-state index >= 15 is 0 Å². The van der Waals surface area contributed by atoms with Gasteiger partial charge in [-0.2, -0.15) is 0 Å². The average molecular weight is 312 g/mol. The molecule has 8 heteroatoms. The number of pyridine rings is 1. The maximum atomic E-state index is 11.3. The Labute approximate surface area is 109 Å². The highest BCUT2D eigenvalue weighted by molar-refractivity contribution is 9.10. The smallest absolute Gasteiger partial charge is 0.337 e. The third-order valence-corrected chi connectivity index (χ3v) is 2.64. The minimum atomic E-state index is -1.12. The second-order valence-corrected chi connectivity index (χ2v) is 3.96. The number of rotatable bonds is 3. The van der Waals surface area contributed by atoms with E-state index in [2.05, 4.69) is 30.9 Å². The third-order valence-electron chi connectivity index (χ3n) is 1.94. The van der Waals surface area contributed by atoms with Crippen molar-refractivity contribution in [1.82, 2.24) is 15.0 Å². The van der Waals surface area contributed by atoms with Gasteiger partial charge in [0, 0.05) is 6.20 Å². The molecule has 0 saturated carbocycles. The van der Waals surface area contributed by atoms with E-state index in [9.17, 15) is 9.59 Å². The van der Waals surface area contributed by atoms with Crippen LogP contribution in [0.1, 0.15) is 10.4 Å². The molecule has 2 aromatic heterocycles. The van der Waals surface area contributed by atoms with Gasteiger partial charge in [-0.25, -0.2) is 9.78 Å². The van der Waals surface area contributed by atoms with Crippen molar-refractivity contribution in [2.24, 2.45) is 0 Å². The predicted octanol–water partition coefficient (Wildman–Crippen LogP) is 1.42. The number of nitrogens with zero attached hydrogens (tertiary/aromatic N) is 2. The van der Waals surface area contributed by atoms with Crippen LogP contribution in [-0.2, 0) is 0 Å². The highest BCUT2D eigenvalue weighted by atomic mass is 79.9. The van der Waals surface area contributed by atoms with Crippen molar-refractivity contribution >= 4 is 21.9 Å². The molecule has 0 aliphatic heterocycles. The van der Waals surface area contributed by atoms with Gasteiger partial charge in [0.15, 0.2) is 0 Å². The van der Waals surface area contributed by atoms with E-state index in [4.69, 9.17) is 9.84 Å². The van der Waals surface area contributed by atoms with Gasteiger partial charge in [0.1, 0.15) is 10.2 Å². The summed E-state index contributed by atoms with van der Waals surface area (Å²) in [5, 5.41) is 8.80. The number of hydrogen-bond donors (Lipinski definition) is 2. The number of carbonyl (C=O) groups is 1. The first kappa shape index (κ1) is 12.2. The van der Waals surface area contributed by atoms with Crippen molar-refractivity contribution in [1.29, 1.82) is 0 Å². The fraction of sp³-hybridized carbons (Fsp3) is 0. The van der Waals surface area contributed by atoms with E-state index in [1.807, 2.05) is 0 Å². The van der Waals surface area contributed by atoms with Crippen LogP contribution in [0.3, 0.4) is 0 Å². The minimum absolute atomic E-state index is 0.0199. The summed E-state index contributed by atoms with van der Waals surface area (Å²) >= 11 is 3.02. The van der Waals surface area contributed by atoms with Gasteiger partial charge < -0.3 is 14.8 Å². The van der Waals surface area contributed by atoms with Crippen LogP contribution in [0.2, 0.25) is 0 Å². The quantitative estimate of drug-likeness (QED) is 0.888. The van der Waals surface area contributed by atoms with Crippen LogP contribution < -0.4 is 10.3 Å². The van der Waals surface area contributed by atoms with Gasteiger partial charge in [0.25, 0.3) is 5.56 Å². The van der Waals surface area contributed by atoms with E-state index < -0.39 is 11.5 Å². The van der Waals surface area contributed by atoms with Crippen molar-refractivity contribution < 1.29 is 14.6 Å². The molecule has 0 radical (unpaired) electrons. The molecule has 0 atom stereocenters. The average Bonchev–Trinajstić information content (AvgIpc) is 2.35. The van der Waals surface area contributed by atoms with Gasteiger partial charge in [-0.3, -0.25) is 9.78 Å². The Bertz CT molecular complexity index is 656. The Morgan fingerprint density at radius 1 is 1.44 bits per heavy atom. The van der Waals surface area contributed by atoms with Crippen LogP contribution in [0.15, 0.2) is 34.1 Å². The van der Waals surface area contributed by atoms with Crippen LogP contribution in [0.4, 0.5) is 0 Å². The largest absolute Gasteiger partial charge is 0.478 e. The zero-order valence-corrected chi connectivity index (χ0v) is 10.3. The van der Waals surface area contributed by atoms with Crippen molar-refractivity contribution in [3.05, 3.63) is 45.2 Å². The monoisotopic (exact) mass is 311 g/mol. The van der Waals surface area contributed by atoms with Crippen LogP contribution in [0.25, 0.3) is 0 Å². The SMILES string of the molecule is O=C(O)c1cncc(Oc2nc[nH]c(=O)c2Br)c1. The first-order valence-corrected chi connectivity index (χ1v) is 5.46. The molecule has 18 heavy (non-hydrogen) atoms. The Balaban J connectivity index is 2.34. The molecular formula is C10H6BrN3O4. The molecule has 0 aromatic carbocycles. The second kappa shape index (κ2) is 4.96. The number of aromatic nitrogens is 3. The standard InChI is InChI=1S/C10H6BrN3O4/c11-7-8(15)13-4-14-9(7)18-6-1-5(10(16)17)2-12-3-6/h1-4H,(H,16,17)(H,13,14,15). The van der Waals surface area contributed by atoms with Gasteiger partial charge in [-0.15, -0.1) is 0 Å². The number of hydrogen-bond acceptors (Lipinski definition) is 5. The van der Waals surface area contributed by atoms with Crippen LogP contribution in [-0.4, -0.2) is 26.0 Å². The summed E-state index contributed by atoms with van der Waals surface area (Å²) in [5.74, 6) is -0.914. The van der Waals surface area contributed by atoms with E-state index in [-0.39, 0.29) is 21.7 Å². The molecule has 92 valence electrons. The summed E-state index contributed by atoms with van der Waals surface area (Å²) in [6.07, 6.45) is 3.69. The predicted molar refractivity (Wildman–Crippen MR) is 63.8 cm³/mol. The normalized spacial score (nSPS) is 10.1. The molecule has 2 rings (SSSR count). The molecule has 2 N–H and O–H groups in total. The van der Waals surface area contributed by atoms with E-state index in [1.54, 1.807) is 0 Å². The minimum Gasteiger partial charge on any atom is -0.478 e. The fourth-order valence-electron chi connectivity index (χ4n) is 1.14. The number of halogens is 1. The molecule has 0 spiro atoms. The first-order valence-electron chi connectivity index (χ1n) is 4.67. The molecular weight excluding hydrogens is 306 g/mol. The number of H-pyrrole nitrogens is 1. The van der Waals surface area contributed by atoms with E-state index in [1.165, 1.54) is 24.8 Å². The van der Waals surface area contributed by atoms with Gasteiger partial charge in [-0.1, -0.05) is 0 Å². The molecule has 2 aromatic rings. The summed E-state index contributed by atoms with van der Waals surface area (Å²) in [5.41, 5.74) is -0.421. The molecule has 0 unspecified atom stereocenters. The van der Waals surface area contributed by atoms with E-state index in [0.29, 0.717) is 0 Å². The lowest BCUT2D eigenvalue weighted by Crippen LogP contribution is -2.08. The van der Waals surface area contributed by atoms with Crippen LogP contribution >= 0.6 is 15.9 Å². The summed E-state index contributed by atoms with van der Waals surface area (Å²) in [6.45, 7) is 0. The zero-order valence-electron chi connectivity index (χ0n) is 8.75. The van der Waals surface area contributed by atoms with Crippen LogP contribution in [0, 0.1) is 0 Å². The lowest BCUT2D eigenvalue weighted by molar-refractivity contribution is 0.0696. The molecule has 0 bridgehead atoms. The highest BCUT2D eigenvalue weighted by Gasteiger charge is 2.10. The van der Waals surface area contributed by atoms with E-state index in [0.717, 1.165) is 0 Å². The molecule has 7 nitrogen and oxygen atoms in total. The Morgan fingerprint density at radius 3 is 2.94 bits per heavy atom. The molecule has 2 heterocycles. The topological polar surface area (TPSA) is 105 Å². The van der Waals surface area contributed by atoms with Crippen molar-refractivity contribution in [2.75, 3.05) is 0 Å². The number of ether oxygens (including phenoxy) is 1. The number of aromatic amines is 1. The van der Waals surface area contributed by atoms with Crippen LogP contribution in [0.5, 0.6) is 11.6 Å². The summed E-state index contributed by atoms with van der Waals surface area (Å²) in [7, 11) is 0. The van der Waals surface area contributed by atoms with Crippen molar-refractivity contribution in [3.63, 3.8) is 0 Å². The summed E-state index contributed by atoms with van der Waals surface area (Å²) < 4.78 is 5.39. The van der Waals surface area contributed by atoms with Gasteiger partial charge in [-0.05, 0) is 22.0 Å². The van der Waals surface area contributed by atoms with Crippen molar-refractivity contribution in [3.8, 4) is 11.6 Å². The van der Waals surface area contributed by atoms with Gasteiger partial charge in [0.05, 0.1) is 18.1 Å². The van der Waals surface area contributed by atoms with Gasteiger partial charge >= 0.3 is 5.97 Å². The lowest BCUT2D eigenvalue weighted by Gasteiger charge is -2.05. The fourth-order valence-corrected chi connectivity index (χ4v) is 1.44. The zero-order chi connectivity index (χ0) is 13.1. The lowest BCUT2D eigenvalue weighted by atomic mass is 10.3. The molecule has 0 aliphatic carbocycles. The summed E-state index contributed by atoms with van der Waals surface area (Å²) in [6, 6.07) is 1.28. The molecule has 0 aliphatic rings. The number of nitrogens with one attached hydrogen (secondary N) is 1. The number of carboxylic acids is 1. The highest BCUT2D eigenvalue weighted by Crippen LogP contribution is 2.23. The number of carboxylic acid groups (broad SMARTS) is 1. The number of aromatic carboxylic acids is 1. The third kappa shape index (κ3) is 2.54. The second-order valence-electron chi connectivity index (χ2n) is 3.17. The van der Waals surface area contributed by atoms with Crippen molar-refractivity contribution in [2.45, 2.75) is 0 Å². The maximum absolute atomic E-state index is 11.3. The Hall–Kier alpha value is -2.22. The Morgan fingerprint density at radius 2 is 2.22 bits per heavy atom.